The van der Waals surface area contributed by atoms with Gasteiger partial charge in [-0.3, -0.25) is 4.79 Å². The topological polar surface area (TPSA) is 116 Å². The summed E-state index contributed by atoms with van der Waals surface area (Å²) >= 11 is 0. The number of aliphatic hydroxyl groups is 3. The molecule has 0 bridgehead atoms. The van der Waals surface area contributed by atoms with Crippen LogP contribution in [-0.4, -0.2) is 89.3 Å². The van der Waals surface area contributed by atoms with E-state index in [9.17, 15) is 20.1 Å². The van der Waals surface area contributed by atoms with Crippen LogP contribution in [0.2, 0.25) is 0 Å². The number of hydrogen-bond acceptors (Lipinski definition) is 8. The van der Waals surface area contributed by atoms with Gasteiger partial charge in [-0.05, 0) is 49.6 Å². The van der Waals surface area contributed by atoms with E-state index >= 15 is 0 Å². The highest BCUT2D eigenvalue weighted by molar-refractivity contribution is 5.81. The fourth-order valence-electron chi connectivity index (χ4n) is 5.35. The van der Waals surface area contributed by atoms with E-state index in [1.807, 2.05) is 43.3 Å². The van der Waals surface area contributed by atoms with Crippen molar-refractivity contribution >= 4 is 11.7 Å². The number of amides is 1. The van der Waals surface area contributed by atoms with E-state index in [2.05, 4.69) is 9.88 Å². The maximum Gasteiger partial charge on any atom is 0.253 e. The van der Waals surface area contributed by atoms with Gasteiger partial charge in [-0.1, -0.05) is 19.1 Å². The number of carbonyl (C=O) groups is 1. The Bertz CT molecular complexity index is 1040. The molecule has 2 fully saturated rings. The Morgan fingerprint density at radius 1 is 1.22 bits per heavy atom. The van der Waals surface area contributed by atoms with Crippen LogP contribution in [0.3, 0.4) is 0 Å². The van der Waals surface area contributed by atoms with Gasteiger partial charge in [0.2, 0.25) is 0 Å². The van der Waals surface area contributed by atoms with Crippen LogP contribution in [0.5, 0.6) is 11.5 Å². The monoisotopic (exact) mass is 499 g/mol. The summed E-state index contributed by atoms with van der Waals surface area (Å²) in [6.45, 7) is 5.25. The zero-order chi connectivity index (χ0) is 25.9. The van der Waals surface area contributed by atoms with Crippen molar-refractivity contribution < 1.29 is 29.6 Å². The molecule has 0 aliphatic carbocycles. The molecule has 36 heavy (non-hydrogen) atoms. The van der Waals surface area contributed by atoms with E-state index in [1.54, 1.807) is 20.2 Å². The summed E-state index contributed by atoms with van der Waals surface area (Å²) in [5.41, 5.74) is 0.275. The van der Waals surface area contributed by atoms with Crippen molar-refractivity contribution in [2.75, 3.05) is 44.8 Å². The first-order chi connectivity index (χ1) is 17.3. The molecule has 1 amide bonds. The molecular weight excluding hydrogens is 462 g/mol. The summed E-state index contributed by atoms with van der Waals surface area (Å²) < 4.78 is 12.1. The summed E-state index contributed by atoms with van der Waals surface area (Å²) in [5, 5.41) is 29.8. The van der Waals surface area contributed by atoms with Crippen molar-refractivity contribution in [2.45, 2.75) is 50.9 Å². The second kappa shape index (κ2) is 11.0. The SMILES string of the molecule is COc1ccc([C@@H]2CN(C(=O)[C@@H](O)CO)C[C@@]2(C)[C@@H](C)O)cc1OC1CCCN(c2ccccn2)C1. The zero-order valence-electron chi connectivity index (χ0n) is 21.2. The number of rotatable bonds is 8. The van der Waals surface area contributed by atoms with Gasteiger partial charge in [0.25, 0.3) is 5.91 Å². The van der Waals surface area contributed by atoms with Crippen molar-refractivity contribution in [1.82, 2.24) is 9.88 Å². The van der Waals surface area contributed by atoms with E-state index in [4.69, 9.17) is 9.47 Å². The Morgan fingerprint density at radius 3 is 2.69 bits per heavy atom. The van der Waals surface area contributed by atoms with Gasteiger partial charge < -0.3 is 34.6 Å². The second-order valence-corrected chi connectivity index (χ2v) is 10.1. The van der Waals surface area contributed by atoms with E-state index in [-0.39, 0.29) is 18.6 Å². The lowest BCUT2D eigenvalue weighted by Crippen LogP contribution is -2.42. The number of aromatic nitrogens is 1. The Balaban J connectivity index is 1.57. The van der Waals surface area contributed by atoms with Crippen molar-refractivity contribution in [3.63, 3.8) is 0 Å². The molecule has 2 saturated heterocycles. The first-order valence-electron chi connectivity index (χ1n) is 12.5. The maximum atomic E-state index is 12.6. The molecule has 0 saturated carbocycles. The van der Waals surface area contributed by atoms with Crippen LogP contribution in [0, 0.1) is 5.41 Å². The van der Waals surface area contributed by atoms with Crippen LogP contribution in [0.4, 0.5) is 5.82 Å². The molecule has 2 aliphatic heterocycles. The Hall–Kier alpha value is -2.88. The molecule has 4 rings (SSSR count). The molecule has 0 spiro atoms. The predicted molar refractivity (Wildman–Crippen MR) is 135 cm³/mol. The Labute approximate surface area is 212 Å². The van der Waals surface area contributed by atoms with Crippen molar-refractivity contribution in [2.24, 2.45) is 5.41 Å². The van der Waals surface area contributed by atoms with Crippen LogP contribution >= 0.6 is 0 Å². The van der Waals surface area contributed by atoms with Gasteiger partial charge in [0.05, 0.1) is 26.4 Å². The summed E-state index contributed by atoms with van der Waals surface area (Å²) in [6.07, 6.45) is 1.46. The maximum absolute atomic E-state index is 12.6. The molecule has 3 heterocycles. The highest BCUT2D eigenvalue weighted by Gasteiger charge is 2.49. The number of nitrogens with zero attached hydrogens (tertiary/aromatic N) is 3. The van der Waals surface area contributed by atoms with Crippen molar-refractivity contribution in [3.8, 4) is 11.5 Å². The minimum atomic E-state index is -1.47. The first kappa shape index (κ1) is 26.2. The number of anilines is 1. The third-order valence-electron chi connectivity index (χ3n) is 7.69. The average Bonchev–Trinajstić information content (AvgIpc) is 3.27. The Morgan fingerprint density at radius 2 is 2.03 bits per heavy atom. The normalized spacial score (nSPS) is 25.9. The number of methoxy groups -OCH3 is 1. The zero-order valence-corrected chi connectivity index (χ0v) is 21.2. The number of piperidine rings is 1. The molecule has 2 aromatic rings. The minimum Gasteiger partial charge on any atom is -0.493 e. The van der Waals surface area contributed by atoms with Crippen LogP contribution in [0.1, 0.15) is 38.2 Å². The van der Waals surface area contributed by atoms with Gasteiger partial charge >= 0.3 is 0 Å². The molecule has 2 aliphatic rings. The van der Waals surface area contributed by atoms with Crippen LogP contribution in [0.15, 0.2) is 42.6 Å². The number of hydrogen-bond donors (Lipinski definition) is 3. The van der Waals surface area contributed by atoms with Crippen molar-refractivity contribution in [3.05, 3.63) is 48.2 Å². The van der Waals surface area contributed by atoms with E-state index in [1.165, 1.54) is 4.90 Å². The highest BCUT2D eigenvalue weighted by Crippen LogP contribution is 2.47. The van der Waals surface area contributed by atoms with E-state index < -0.39 is 30.1 Å². The van der Waals surface area contributed by atoms with E-state index in [0.717, 1.165) is 30.8 Å². The standard InChI is InChI=1S/C27H37N3O6/c1-18(32)27(2)17-30(26(34)22(33)16-31)15-21(27)19-9-10-23(35-3)24(13-19)36-20-7-6-12-29(14-20)25-8-4-5-11-28-25/h4-5,8-11,13,18,20-22,31-33H,6-7,12,14-17H2,1-3H3/t18-,20?,21+,22+,27+/m1/s1. The number of benzene rings is 1. The Kier molecular flexibility index (Phi) is 8.02. The molecule has 3 N–H and O–H groups in total. The lowest BCUT2D eigenvalue weighted by molar-refractivity contribution is -0.141. The highest BCUT2D eigenvalue weighted by atomic mass is 16.5. The fraction of sp³-hybridized carbons (Fsp3) is 0.556. The van der Waals surface area contributed by atoms with Gasteiger partial charge in [0.15, 0.2) is 17.6 Å². The van der Waals surface area contributed by atoms with Crippen LogP contribution in [-0.2, 0) is 4.79 Å². The number of likely N-dealkylation sites (tertiary alicyclic amines) is 1. The summed E-state index contributed by atoms with van der Waals surface area (Å²) in [5.74, 6) is 1.44. The number of ether oxygens (including phenoxy) is 2. The molecule has 1 aromatic heterocycles. The van der Waals surface area contributed by atoms with E-state index in [0.29, 0.717) is 24.6 Å². The molecule has 1 aromatic carbocycles. The first-order valence-corrected chi connectivity index (χ1v) is 12.5. The molecule has 9 heteroatoms. The molecule has 0 radical (unpaired) electrons. The lowest BCUT2D eigenvalue weighted by atomic mass is 9.72. The second-order valence-electron chi connectivity index (χ2n) is 10.1. The smallest absolute Gasteiger partial charge is 0.253 e. The molecule has 9 nitrogen and oxygen atoms in total. The number of aliphatic hydroxyl groups excluding tert-OH is 3. The molecule has 1 unspecified atom stereocenters. The van der Waals surface area contributed by atoms with Gasteiger partial charge in [0.1, 0.15) is 11.9 Å². The van der Waals surface area contributed by atoms with Gasteiger partial charge in [0, 0.05) is 37.2 Å². The van der Waals surface area contributed by atoms with Gasteiger partial charge in [-0.25, -0.2) is 4.98 Å². The largest absolute Gasteiger partial charge is 0.493 e. The lowest BCUT2D eigenvalue weighted by Gasteiger charge is -2.35. The van der Waals surface area contributed by atoms with Crippen molar-refractivity contribution in [1.29, 1.82) is 0 Å². The number of pyridine rings is 1. The summed E-state index contributed by atoms with van der Waals surface area (Å²) in [4.78, 5) is 20.8. The third-order valence-corrected chi connectivity index (χ3v) is 7.69. The van der Waals surface area contributed by atoms with Crippen LogP contribution < -0.4 is 14.4 Å². The van der Waals surface area contributed by atoms with Gasteiger partial charge in [-0.15, -0.1) is 0 Å². The average molecular weight is 500 g/mol. The molecular formula is C27H37N3O6. The quantitative estimate of drug-likeness (QED) is 0.504. The molecule has 5 atom stereocenters. The summed E-state index contributed by atoms with van der Waals surface area (Å²) in [7, 11) is 1.61. The fourth-order valence-corrected chi connectivity index (χ4v) is 5.35. The summed E-state index contributed by atoms with van der Waals surface area (Å²) in [6, 6.07) is 11.6. The number of carbonyl (C=O) groups excluding carboxylic acids is 1. The van der Waals surface area contributed by atoms with Crippen LogP contribution in [0.25, 0.3) is 0 Å². The predicted octanol–water partition coefficient (Wildman–Crippen LogP) is 1.80. The molecule has 196 valence electrons. The van der Waals surface area contributed by atoms with Gasteiger partial charge in [-0.2, -0.15) is 0 Å². The minimum absolute atomic E-state index is 0.0468. The third kappa shape index (κ3) is 5.28.